The van der Waals surface area contributed by atoms with Crippen molar-refractivity contribution >= 4 is 5.91 Å². The number of carbonyl (C=O) groups is 1. The lowest BCUT2D eigenvalue weighted by Gasteiger charge is -2.13. The van der Waals surface area contributed by atoms with Gasteiger partial charge in [-0.1, -0.05) is 0 Å². The van der Waals surface area contributed by atoms with Crippen molar-refractivity contribution in [1.82, 2.24) is 0 Å². The van der Waals surface area contributed by atoms with Gasteiger partial charge in [-0.05, 0) is 13.0 Å². The average Bonchev–Trinajstić information content (AvgIpc) is 2.18. The number of primary amides is 1. The molecule has 1 aromatic carbocycles. The first-order valence-corrected chi connectivity index (χ1v) is 4.27. The average molecular weight is 211 g/mol. The molecule has 0 aliphatic rings. The lowest BCUT2D eigenvalue weighted by molar-refractivity contribution is 0.0999. The second-order valence-electron chi connectivity index (χ2n) is 3.00. The van der Waals surface area contributed by atoms with Crippen molar-refractivity contribution in [1.29, 1.82) is 0 Å². The van der Waals surface area contributed by atoms with Gasteiger partial charge in [0.15, 0.2) is 11.5 Å². The van der Waals surface area contributed by atoms with Crippen LogP contribution in [0.2, 0.25) is 0 Å². The van der Waals surface area contributed by atoms with Crippen molar-refractivity contribution in [2.45, 2.75) is 6.92 Å². The second-order valence-corrected chi connectivity index (χ2v) is 3.00. The monoisotopic (exact) mass is 211 g/mol. The van der Waals surface area contributed by atoms with Crippen LogP contribution in [0, 0.1) is 6.92 Å². The summed E-state index contributed by atoms with van der Waals surface area (Å²) in [7, 11) is 2.78. The molecule has 0 fully saturated rings. The highest BCUT2D eigenvalue weighted by atomic mass is 16.5. The summed E-state index contributed by atoms with van der Waals surface area (Å²) in [6.07, 6.45) is 0. The van der Waals surface area contributed by atoms with Crippen molar-refractivity contribution < 1.29 is 19.4 Å². The number of rotatable bonds is 3. The second kappa shape index (κ2) is 4.08. The Morgan fingerprint density at radius 1 is 1.40 bits per heavy atom. The summed E-state index contributed by atoms with van der Waals surface area (Å²) < 4.78 is 9.87. The van der Waals surface area contributed by atoms with Gasteiger partial charge in [0.25, 0.3) is 0 Å². The molecular formula is C10H13NO4. The molecule has 1 rings (SSSR count). The van der Waals surface area contributed by atoms with Gasteiger partial charge in [-0.25, -0.2) is 0 Å². The quantitative estimate of drug-likeness (QED) is 0.775. The van der Waals surface area contributed by atoms with Gasteiger partial charge in [0, 0.05) is 11.1 Å². The van der Waals surface area contributed by atoms with Crippen LogP contribution < -0.4 is 15.2 Å². The van der Waals surface area contributed by atoms with E-state index in [2.05, 4.69) is 0 Å². The lowest BCUT2D eigenvalue weighted by Crippen LogP contribution is -2.13. The van der Waals surface area contributed by atoms with Gasteiger partial charge in [-0.2, -0.15) is 0 Å². The number of carbonyl (C=O) groups excluding carboxylic acids is 1. The number of hydrogen-bond donors (Lipinski definition) is 2. The maximum absolute atomic E-state index is 11.1. The number of phenolic OH excluding ortho intramolecular Hbond substituents is 1. The smallest absolute Gasteiger partial charge is 0.249 e. The molecule has 1 aromatic rings. The zero-order chi connectivity index (χ0) is 11.6. The molecule has 1 amide bonds. The molecule has 0 unspecified atom stereocenters. The first kappa shape index (κ1) is 11.2. The van der Waals surface area contributed by atoms with Crippen LogP contribution in [0.1, 0.15) is 15.9 Å². The third kappa shape index (κ3) is 1.81. The van der Waals surface area contributed by atoms with Crippen molar-refractivity contribution in [3.05, 3.63) is 17.2 Å². The fraction of sp³-hybridized carbons (Fsp3) is 0.300. The minimum Gasteiger partial charge on any atom is -0.502 e. The standard InChI is InChI=1S/C10H13NO4/c1-5-6(10(11)13)4-7(14-2)8(12)9(5)15-3/h4,12H,1-3H3,(H2,11,13). The molecule has 5 heteroatoms. The summed E-state index contributed by atoms with van der Waals surface area (Å²) in [5.74, 6) is -0.374. The summed E-state index contributed by atoms with van der Waals surface area (Å²) in [6, 6.07) is 1.38. The molecule has 0 saturated heterocycles. The molecule has 5 nitrogen and oxygen atoms in total. The SMILES string of the molecule is COc1cc(C(N)=O)c(C)c(OC)c1O. The highest BCUT2D eigenvalue weighted by molar-refractivity contribution is 5.96. The summed E-state index contributed by atoms with van der Waals surface area (Å²) >= 11 is 0. The molecular weight excluding hydrogens is 198 g/mol. The fourth-order valence-electron chi connectivity index (χ4n) is 1.38. The number of amides is 1. The molecule has 3 N–H and O–H groups in total. The lowest BCUT2D eigenvalue weighted by atomic mass is 10.1. The Morgan fingerprint density at radius 2 is 2.00 bits per heavy atom. The van der Waals surface area contributed by atoms with E-state index in [1.54, 1.807) is 6.92 Å². The molecule has 0 heterocycles. The largest absolute Gasteiger partial charge is 0.502 e. The Hall–Kier alpha value is -1.91. The highest BCUT2D eigenvalue weighted by Crippen LogP contribution is 2.40. The van der Waals surface area contributed by atoms with Gasteiger partial charge in [0.1, 0.15) is 0 Å². The number of aromatic hydroxyl groups is 1. The van der Waals surface area contributed by atoms with E-state index in [9.17, 15) is 9.90 Å². The third-order valence-electron chi connectivity index (χ3n) is 2.16. The van der Waals surface area contributed by atoms with E-state index in [1.807, 2.05) is 0 Å². The van der Waals surface area contributed by atoms with Crippen LogP contribution in [-0.4, -0.2) is 25.2 Å². The summed E-state index contributed by atoms with van der Waals surface area (Å²) in [5.41, 5.74) is 5.93. The van der Waals surface area contributed by atoms with Crippen molar-refractivity contribution in [3.63, 3.8) is 0 Å². The van der Waals surface area contributed by atoms with Gasteiger partial charge in [0.2, 0.25) is 11.7 Å². The zero-order valence-electron chi connectivity index (χ0n) is 8.83. The van der Waals surface area contributed by atoms with E-state index in [-0.39, 0.29) is 22.8 Å². The highest BCUT2D eigenvalue weighted by Gasteiger charge is 2.18. The van der Waals surface area contributed by atoms with Crippen LogP contribution in [0.3, 0.4) is 0 Å². The van der Waals surface area contributed by atoms with Crippen LogP contribution >= 0.6 is 0 Å². The molecule has 0 aromatic heterocycles. The van der Waals surface area contributed by atoms with E-state index in [0.29, 0.717) is 5.56 Å². The minimum absolute atomic E-state index is 0.137. The van der Waals surface area contributed by atoms with Crippen LogP contribution in [-0.2, 0) is 0 Å². The van der Waals surface area contributed by atoms with E-state index in [0.717, 1.165) is 0 Å². The molecule has 0 atom stereocenters. The molecule has 0 aliphatic heterocycles. The first-order chi connectivity index (χ1) is 7.02. The number of nitrogens with two attached hydrogens (primary N) is 1. The normalized spacial score (nSPS) is 9.80. The number of hydrogen-bond acceptors (Lipinski definition) is 4. The Balaban J connectivity index is 3.51. The topological polar surface area (TPSA) is 81.8 Å². The molecule has 0 bridgehead atoms. The fourth-order valence-corrected chi connectivity index (χ4v) is 1.38. The number of ether oxygens (including phenoxy) is 2. The van der Waals surface area contributed by atoms with Crippen molar-refractivity contribution in [2.75, 3.05) is 14.2 Å². The molecule has 15 heavy (non-hydrogen) atoms. The van der Waals surface area contributed by atoms with E-state index >= 15 is 0 Å². The third-order valence-corrected chi connectivity index (χ3v) is 2.16. The Kier molecular flexibility index (Phi) is 3.04. The first-order valence-electron chi connectivity index (χ1n) is 4.27. The van der Waals surface area contributed by atoms with E-state index in [1.165, 1.54) is 20.3 Å². The van der Waals surface area contributed by atoms with Gasteiger partial charge in [-0.3, -0.25) is 4.79 Å². The zero-order valence-corrected chi connectivity index (χ0v) is 8.83. The number of methoxy groups -OCH3 is 2. The summed E-state index contributed by atoms with van der Waals surface area (Å²) in [4.78, 5) is 11.1. The maximum atomic E-state index is 11.1. The molecule has 82 valence electrons. The molecule has 0 aliphatic carbocycles. The van der Waals surface area contributed by atoms with Crippen LogP contribution in [0.15, 0.2) is 6.07 Å². The molecule has 0 spiro atoms. The predicted molar refractivity (Wildman–Crippen MR) is 54.5 cm³/mol. The van der Waals surface area contributed by atoms with Gasteiger partial charge in [-0.15, -0.1) is 0 Å². The van der Waals surface area contributed by atoms with Gasteiger partial charge < -0.3 is 20.3 Å². The number of phenols is 1. The van der Waals surface area contributed by atoms with Crippen LogP contribution in [0.4, 0.5) is 0 Å². The number of benzene rings is 1. The van der Waals surface area contributed by atoms with Gasteiger partial charge in [0.05, 0.1) is 14.2 Å². The minimum atomic E-state index is -0.593. The van der Waals surface area contributed by atoms with Gasteiger partial charge >= 0.3 is 0 Å². The van der Waals surface area contributed by atoms with Crippen molar-refractivity contribution in [3.8, 4) is 17.2 Å². The van der Waals surface area contributed by atoms with Crippen molar-refractivity contribution in [2.24, 2.45) is 5.73 Å². The van der Waals surface area contributed by atoms with Crippen LogP contribution in [0.5, 0.6) is 17.2 Å². The predicted octanol–water partition coefficient (Wildman–Crippen LogP) is 0.817. The maximum Gasteiger partial charge on any atom is 0.249 e. The van der Waals surface area contributed by atoms with E-state index in [4.69, 9.17) is 15.2 Å². The molecule has 0 radical (unpaired) electrons. The van der Waals surface area contributed by atoms with E-state index < -0.39 is 5.91 Å². The summed E-state index contributed by atoms with van der Waals surface area (Å²) in [5, 5.41) is 9.67. The Labute approximate surface area is 87.4 Å². The van der Waals surface area contributed by atoms with Crippen LogP contribution in [0.25, 0.3) is 0 Å². The summed E-state index contributed by atoms with van der Waals surface area (Å²) in [6.45, 7) is 1.64. The molecule has 0 saturated carbocycles. The Morgan fingerprint density at radius 3 is 2.40 bits per heavy atom. The Bertz CT molecular complexity index is 401.